The van der Waals surface area contributed by atoms with Crippen LogP contribution in [0.2, 0.25) is 0 Å². The first-order valence-electron chi connectivity index (χ1n) is 10.3. The second kappa shape index (κ2) is 7.96. The number of carbonyl (C=O) groups excluding carboxylic acids is 1. The smallest absolute Gasteiger partial charge is 0.231 e. The fourth-order valence-electron chi connectivity index (χ4n) is 4.06. The average Bonchev–Trinajstić information content (AvgIpc) is 3.15. The third-order valence-corrected chi connectivity index (χ3v) is 5.79. The van der Waals surface area contributed by atoms with E-state index in [0.29, 0.717) is 30.3 Å². The molecule has 0 aliphatic carbocycles. The predicted molar refractivity (Wildman–Crippen MR) is 122 cm³/mol. The molecule has 2 aliphatic rings. The Labute approximate surface area is 186 Å². The van der Waals surface area contributed by atoms with Crippen molar-refractivity contribution in [3.05, 3.63) is 82.6 Å². The average molecular weight is 429 g/mol. The molecule has 3 aromatic rings. The molecule has 0 unspecified atom stereocenters. The predicted octanol–water partition coefficient (Wildman–Crippen LogP) is 4.98. The molecule has 6 nitrogen and oxygen atoms in total. The molecule has 0 saturated carbocycles. The van der Waals surface area contributed by atoms with Crippen molar-refractivity contribution in [2.75, 3.05) is 25.9 Å². The minimum atomic E-state index is -0.122. The molecule has 0 amide bonds. The summed E-state index contributed by atoms with van der Waals surface area (Å²) in [5.74, 6) is 3.11. The van der Waals surface area contributed by atoms with Crippen molar-refractivity contribution in [2.45, 2.75) is 13.5 Å². The van der Waals surface area contributed by atoms with Gasteiger partial charge < -0.3 is 23.8 Å². The molecule has 0 aromatic heterocycles. The van der Waals surface area contributed by atoms with Crippen LogP contribution < -0.4 is 23.8 Å². The molecule has 162 valence electrons. The number of fused-ring (bicyclic) bond motifs is 2. The van der Waals surface area contributed by atoms with E-state index >= 15 is 0 Å². The Morgan fingerprint density at radius 1 is 0.938 bits per heavy atom. The van der Waals surface area contributed by atoms with Gasteiger partial charge in [0, 0.05) is 23.4 Å². The molecule has 0 bridgehead atoms. The highest BCUT2D eigenvalue weighted by molar-refractivity contribution is 6.15. The van der Waals surface area contributed by atoms with Crippen LogP contribution >= 0.6 is 0 Å². The number of Topliss-reactive ketones (excluding diaryl/α,β-unsaturated/α-hetero) is 1. The van der Waals surface area contributed by atoms with Crippen LogP contribution in [0.1, 0.15) is 27.0 Å². The van der Waals surface area contributed by atoms with Gasteiger partial charge in [0.1, 0.15) is 23.0 Å². The van der Waals surface area contributed by atoms with E-state index in [2.05, 4.69) is 4.90 Å². The summed E-state index contributed by atoms with van der Waals surface area (Å²) in [6.45, 7) is 2.99. The Morgan fingerprint density at radius 3 is 2.25 bits per heavy atom. The Hall–Kier alpha value is -3.93. The first kappa shape index (κ1) is 20.0. The van der Waals surface area contributed by atoms with E-state index < -0.39 is 0 Å². The molecular weight excluding hydrogens is 406 g/mol. The van der Waals surface area contributed by atoms with Crippen LogP contribution in [0.5, 0.6) is 23.0 Å². The lowest BCUT2D eigenvalue weighted by Gasteiger charge is -2.32. The van der Waals surface area contributed by atoms with Crippen LogP contribution in [0.3, 0.4) is 0 Å². The molecule has 2 aliphatic heterocycles. The number of rotatable bonds is 4. The van der Waals surface area contributed by atoms with Crippen LogP contribution in [0.15, 0.2) is 60.4 Å². The first-order valence-corrected chi connectivity index (χ1v) is 10.3. The number of benzene rings is 3. The van der Waals surface area contributed by atoms with Gasteiger partial charge in [-0.05, 0) is 61.0 Å². The summed E-state index contributed by atoms with van der Waals surface area (Å²) in [6, 6.07) is 17.2. The normalized spacial score (nSPS) is 15.7. The number of anilines is 1. The van der Waals surface area contributed by atoms with Gasteiger partial charge in [0.25, 0.3) is 0 Å². The van der Waals surface area contributed by atoms with Crippen molar-refractivity contribution in [2.24, 2.45) is 0 Å². The monoisotopic (exact) mass is 429 g/mol. The Morgan fingerprint density at radius 2 is 1.59 bits per heavy atom. The second-order valence-electron chi connectivity index (χ2n) is 7.75. The highest BCUT2D eigenvalue weighted by atomic mass is 16.5. The lowest BCUT2D eigenvalue weighted by molar-refractivity contribution is 0.101. The van der Waals surface area contributed by atoms with E-state index in [1.807, 2.05) is 61.5 Å². The highest BCUT2D eigenvalue weighted by Gasteiger charge is 2.33. The number of ketones is 1. The van der Waals surface area contributed by atoms with Gasteiger partial charge in [-0.15, -0.1) is 0 Å². The third kappa shape index (κ3) is 3.43. The molecular formula is C26H23NO5. The topological polar surface area (TPSA) is 57.2 Å². The molecule has 0 spiro atoms. The lowest BCUT2D eigenvalue weighted by Crippen LogP contribution is -2.32. The zero-order chi connectivity index (χ0) is 22.2. The molecule has 2 heterocycles. The van der Waals surface area contributed by atoms with E-state index in [9.17, 15) is 4.79 Å². The maximum absolute atomic E-state index is 13.1. The highest BCUT2D eigenvalue weighted by Crippen LogP contribution is 2.43. The van der Waals surface area contributed by atoms with Gasteiger partial charge in [-0.25, -0.2) is 0 Å². The van der Waals surface area contributed by atoms with Gasteiger partial charge in [0.15, 0.2) is 12.5 Å². The molecule has 5 rings (SSSR count). The summed E-state index contributed by atoms with van der Waals surface area (Å²) in [6.07, 6.45) is 1.75. The number of hydrogen-bond donors (Lipinski definition) is 0. The maximum Gasteiger partial charge on any atom is 0.231 e. The summed E-state index contributed by atoms with van der Waals surface area (Å²) in [5, 5.41) is 0. The van der Waals surface area contributed by atoms with Crippen molar-refractivity contribution in [3.63, 3.8) is 0 Å². The van der Waals surface area contributed by atoms with Gasteiger partial charge >= 0.3 is 0 Å². The van der Waals surface area contributed by atoms with Gasteiger partial charge in [0.2, 0.25) is 5.78 Å². The van der Waals surface area contributed by atoms with Gasteiger partial charge in [0.05, 0.1) is 19.8 Å². The number of hydrogen-bond acceptors (Lipinski definition) is 6. The van der Waals surface area contributed by atoms with E-state index in [1.165, 1.54) is 0 Å². The minimum Gasteiger partial charge on any atom is -0.497 e. The van der Waals surface area contributed by atoms with Crippen LogP contribution in [0.25, 0.3) is 6.08 Å². The molecule has 3 aromatic carbocycles. The van der Waals surface area contributed by atoms with E-state index in [4.69, 9.17) is 18.9 Å². The van der Waals surface area contributed by atoms with Crippen LogP contribution in [0, 0.1) is 6.92 Å². The third-order valence-electron chi connectivity index (χ3n) is 5.79. The lowest BCUT2D eigenvalue weighted by atomic mass is 10.00. The molecule has 32 heavy (non-hydrogen) atoms. The summed E-state index contributed by atoms with van der Waals surface area (Å²) in [5.41, 5.74) is 4.27. The fraction of sp³-hybridized carbons (Fsp3) is 0.192. The van der Waals surface area contributed by atoms with Crippen molar-refractivity contribution < 1.29 is 23.7 Å². The largest absolute Gasteiger partial charge is 0.497 e. The summed E-state index contributed by atoms with van der Waals surface area (Å²) in [4.78, 5) is 15.2. The van der Waals surface area contributed by atoms with Crippen molar-refractivity contribution in [1.29, 1.82) is 0 Å². The van der Waals surface area contributed by atoms with E-state index in [0.717, 1.165) is 39.6 Å². The summed E-state index contributed by atoms with van der Waals surface area (Å²) in [7, 11) is 3.27. The zero-order valence-electron chi connectivity index (χ0n) is 18.2. The summed E-state index contributed by atoms with van der Waals surface area (Å²) >= 11 is 0. The molecule has 6 heteroatoms. The zero-order valence-corrected chi connectivity index (χ0v) is 18.2. The molecule has 0 saturated heterocycles. The second-order valence-corrected chi connectivity index (χ2v) is 7.75. The number of methoxy groups -OCH3 is 2. The van der Waals surface area contributed by atoms with E-state index in [-0.39, 0.29) is 5.78 Å². The summed E-state index contributed by atoms with van der Waals surface area (Å²) < 4.78 is 22.5. The molecule has 0 N–H and O–H groups in total. The Balaban J connectivity index is 1.43. The first-order chi connectivity index (χ1) is 15.6. The Kier molecular flexibility index (Phi) is 4.98. The standard InChI is InChI=1S/C26H23NO5/c1-16-25-18(14-27(15-31-25)19-6-10-21(30-3)11-7-19)13-22-24(28)23(32-26(16)22)12-17-4-8-20(29-2)9-5-17/h4-13H,14-15H2,1-3H3. The van der Waals surface area contributed by atoms with Crippen LogP contribution in [-0.4, -0.2) is 26.7 Å². The number of carbonyl (C=O) groups is 1. The fourth-order valence-corrected chi connectivity index (χ4v) is 4.06. The van der Waals surface area contributed by atoms with Gasteiger partial charge in [-0.2, -0.15) is 0 Å². The van der Waals surface area contributed by atoms with Crippen LogP contribution in [0.4, 0.5) is 5.69 Å². The quantitative estimate of drug-likeness (QED) is 0.545. The van der Waals surface area contributed by atoms with Crippen molar-refractivity contribution in [3.8, 4) is 23.0 Å². The SMILES string of the molecule is COc1ccc(C=C2Oc3c(cc4c(c3C)OCN(c3ccc(OC)cc3)C4)C2=O)cc1. The molecule has 0 radical (unpaired) electrons. The van der Waals surface area contributed by atoms with Crippen molar-refractivity contribution >= 4 is 17.5 Å². The maximum atomic E-state index is 13.1. The van der Waals surface area contributed by atoms with Crippen molar-refractivity contribution in [1.82, 2.24) is 0 Å². The number of nitrogens with zero attached hydrogens (tertiary/aromatic N) is 1. The van der Waals surface area contributed by atoms with E-state index in [1.54, 1.807) is 20.3 Å². The molecule has 0 atom stereocenters. The van der Waals surface area contributed by atoms with Gasteiger partial charge in [-0.1, -0.05) is 12.1 Å². The van der Waals surface area contributed by atoms with Gasteiger partial charge in [-0.3, -0.25) is 4.79 Å². The Bertz CT molecular complexity index is 1210. The van der Waals surface area contributed by atoms with Crippen LogP contribution in [-0.2, 0) is 6.54 Å². The minimum absolute atomic E-state index is 0.122. The number of ether oxygens (including phenoxy) is 4. The number of allylic oxidation sites excluding steroid dienone is 1. The molecule has 0 fully saturated rings.